The van der Waals surface area contributed by atoms with Gasteiger partial charge in [-0.1, -0.05) is 26.7 Å². The number of hydrogen-bond acceptors (Lipinski definition) is 7. The lowest BCUT2D eigenvalue weighted by Crippen LogP contribution is -2.45. The van der Waals surface area contributed by atoms with Crippen molar-refractivity contribution in [3.8, 4) is 11.5 Å². The number of carbonyl (C=O) groups excluding carboxylic acids is 2. The zero-order chi connectivity index (χ0) is 20.3. The van der Waals surface area contributed by atoms with Gasteiger partial charge in [0, 0.05) is 12.1 Å². The maximum Gasteiger partial charge on any atom is 0.345 e. The quantitative estimate of drug-likeness (QED) is 0.465. The Bertz CT molecular complexity index is 780. The number of benzene rings is 1. The summed E-state index contributed by atoms with van der Waals surface area (Å²) in [6.45, 7) is 4.30. The van der Waals surface area contributed by atoms with E-state index in [0.29, 0.717) is 11.8 Å². The van der Waals surface area contributed by atoms with E-state index >= 15 is 0 Å². The molecule has 0 radical (unpaired) electrons. The minimum atomic E-state index is -0.955. The third kappa shape index (κ3) is 4.35. The van der Waals surface area contributed by atoms with Crippen LogP contribution in [0.2, 0.25) is 0 Å². The van der Waals surface area contributed by atoms with Gasteiger partial charge in [-0.05, 0) is 18.3 Å². The second-order valence-electron chi connectivity index (χ2n) is 7.29. The fourth-order valence-corrected chi connectivity index (χ4v) is 3.64. The number of amides is 1. The van der Waals surface area contributed by atoms with Crippen LogP contribution in [0.5, 0.6) is 11.5 Å². The fraction of sp³-hybridized carbons (Fsp3) is 0.579. The number of rotatable bonds is 5. The number of ether oxygens (including phenoxy) is 3. The number of fused-ring (bicyclic) bond motifs is 1. The molecule has 28 heavy (non-hydrogen) atoms. The molecule has 152 valence electrons. The van der Waals surface area contributed by atoms with Gasteiger partial charge in [0.25, 0.3) is 11.6 Å². The minimum absolute atomic E-state index is 0.0404. The van der Waals surface area contributed by atoms with Gasteiger partial charge in [0.2, 0.25) is 0 Å². The van der Waals surface area contributed by atoms with Gasteiger partial charge in [-0.15, -0.1) is 0 Å². The third-order valence-electron chi connectivity index (χ3n) is 5.46. The number of nitrogens with zero attached hydrogens (tertiary/aromatic N) is 1. The zero-order valence-corrected chi connectivity index (χ0v) is 15.9. The number of hydrogen-bond donors (Lipinski definition) is 1. The van der Waals surface area contributed by atoms with Gasteiger partial charge in [-0.25, -0.2) is 4.79 Å². The first-order chi connectivity index (χ1) is 13.4. The number of carbonyl (C=O) groups is 2. The van der Waals surface area contributed by atoms with Crippen LogP contribution in [0.25, 0.3) is 0 Å². The molecular weight excluding hydrogens is 368 g/mol. The van der Waals surface area contributed by atoms with Crippen LogP contribution >= 0.6 is 0 Å². The van der Waals surface area contributed by atoms with Gasteiger partial charge in [-0.3, -0.25) is 14.9 Å². The summed E-state index contributed by atoms with van der Waals surface area (Å²) in [4.78, 5) is 35.2. The Morgan fingerprint density at radius 1 is 1.21 bits per heavy atom. The molecule has 1 aliphatic carbocycles. The highest BCUT2D eigenvalue weighted by Gasteiger charge is 2.30. The van der Waals surface area contributed by atoms with Crippen LogP contribution in [-0.4, -0.2) is 42.7 Å². The molecule has 2 aliphatic rings. The first kappa shape index (κ1) is 19.9. The largest absolute Gasteiger partial charge is 0.486 e. The van der Waals surface area contributed by atoms with Crippen molar-refractivity contribution in [2.75, 3.05) is 19.8 Å². The summed E-state index contributed by atoms with van der Waals surface area (Å²) in [6.07, 6.45) is 3.06. The first-order valence-electron chi connectivity index (χ1n) is 9.41. The summed E-state index contributed by atoms with van der Waals surface area (Å²) in [6, 6.07) is 2.40. The van der Waals surface area contributed by atoms with E-state index in [1.807, 2.05) is 0 Å². The molecular formula is C19H24N2O7. The highest BCUT2D eigenvalue weighted by Crippen LogP contribution is 2.37. The van der Waals surface area contributed by atoms with Crippen LogP contribution in [0.3, 0.4) is 0 Å². The molecule has 0 unspecified atom stereocenters. The minimum Gasteiger partial charge on any atom is -0.486 e. The Kier molecular flexibility index (Phi) is 6.01. The predicted octanol–water partition coefficient (Wildman–Crippen LogP) is 2.46. The van der Waals surface area contributed by atoms with Crippen LogP contribution in [0.1, 0.15) is 43.5 Å². The fourth-order valence-electron chi connectivity index (χ4n) is 3.64. The molecule has 3 rings (SSSR count). The molecule has 0 aromatic heterocycles. The van der Waals surface area contributed by atoms with Gasteiger partial charge in [-0.2, -0.15) is 0 Å². The lowest BCUT2D eigenvalue weighted by Gasteiger charge is -2.34. The van der Waals surface area contributed by atoms with Crippen molar-refractivity contribution in [2.45, 2.75) is 39.2 Å². The van der Waals surface area contributed by atoms with Gasteiger partial charge in [0.05, 0.1) is 11.0 Å². The Balaban J connectivity index is 1.64. The SMILES string of the molecule is C[C@@H]1[C@H](C)CCC[C@H]1NC(=O)COC(=O)c1cc2c(cc1[N+](=O)[O-])OCCO2. The standard InChI is InChI=1S/C19H24N2O7/c1-11-4-3-5-14(12(11)2)20-18(22)10-28-19(23)13-8-16-17(27-7-6-26-16)9-15(13)21(24)25/h8-9,11-12,14H,3-7,10H2,1-2H3,(H,20,22)/t11-,12-,14-/m1/s1. The molecule has 0 spiro atoms. The van der Waals surface area contributed by atoms with E-state index in [1.54, 1.807) is 0 Å². The Morgan fingerprint density at radius 3 is 2.57 bits per heavy atom. The molecule has 9 heteroatoms. The number of nitro groups is 1. The van der Waals surface area contributed by atoms with E-state index in [2.05, 4.69) is 19.2 Å². The van der Waals surface area contributed by atoms with Crippen LogP contribution < -0.4 is 14.8 Å². The Hall–Kier alpha value is -2.84. The maximum absolute atomic E-state index is 12.4. The monoisotopic (exact) mass is 392 g/mol. The predicted molar refractivity (Wildman–Crippen MR) is 98.5 cm³/mol. The summed E-state index contributed by atoms with van der Waals surface area (Å²) in [5.74, 6) is -0.0800. The van der Waals surface area contributed by atoms with Crippen LogP contribution in [-0.2, 0) is 9.53 Å². The summed E-state index contributed by atoms with van der Waals surface area (Å²) in [7, 11) is 0. The van der Waals surface area contributed by atoms with E-state index in [-0.39, 0.29) is 36.3 Å². The highest BCUT2D eigenvalue weighted by atomic mass is 16.6. The number of esters is 1. The van der Waals surface area contributed by atoms with Crippen molar-refractivity contribution >= 4 is 17.6 Å². The highest BCUT2D eigenvalue weighted by molar-refractivity contribution is 5.96. The number of nitro benzene ring substituents is 1. The lowest BCUT2D eigenvalue weighted by atomic mass is 9.78. The lowest BCUT2D eigenvalue weighted by molar-refractivity contribution is -0.385. The van der Waals surface area contributed by atoms with Crippen LogP contribution in [0.15, 0.2) is 12.1 Å². The van der Waals surface area contributed by atoms with Gasteiger partial charge in [0.1, 0.15) is 18.8 Å². The van der Waals surface area contributed by atoms with Crippen molar-refractivity contribution in [1.29, 1.82) is 0 Å². The van der Waals surface area contributed by atoms with Gasteiger partial charge >= 0.3 is 5.97 Å². The van der Waals surface area contributed by atoms with Crippen molar-refractivity contribution < 1.29 is 28.7 Å². The van der Waals surface area contributed by atoms with Crippen LogP contribution in [0.4, 0.5) is 5.69 Å². The smallest absolute Gasteiger partial charge is 0.345 e. The molecule has 0 saturated heterocycles. The van der Waals surface area contributed by atoms with Gasteiger partial charge < -0.3 is 19.5 Å². The molecule has 1 fully saturated rings. The van der Waals surface area contributed by atoms with E-state index in [4.69, 9.17) is 14.2 Å². The van der Waals surface area contributed by atoms with E-state index in [1.165, 1.54) is 6.07 Å². The number of nitrogens with one attached hydrogen (secondary N) is 1. The van der Waals surface area contributed by atoms with E-state index in [9.17, 15) is 19.7 Å². The van der Waals surface area contributed by atoms with E-state index in [0.717, 1.165) is 25.3 Å². The molecule has 1 aliphatic heterocycles. The van der Waals surface area contributed by atoms with E-state index < -0.39 is 29.1 Å². The molecule has 1 amide bonds. The van der Waals surface area contributed by atoms with Crippen molar-refractivity contribution in [3.63, 3.8) is 0 Å². The molecule has 1 heterocycles. The topological polar surface area (TPSA) is 117 Å². The molecule has 3 atom stereocenters. The first-order valence-corrected chi connectivity index (χ1v) is 9.41. The molecule has 1 N–H and O–H groups in total. The molecule has 1 aromatic rings. The molecule has 1 saturated carbocycles. The summed E-state index contributed by atoms with van der Waals surface area (Å²) in [5, 5.41) is 14.2. The summed E-state index contributed by atoms with van der Waals surface area (Å²) >= 11 is 0. The summed E-state index contributed by atoms with van der Waals surface area (Å²) < 4.78 is 15.7. The molecule has 1 aromatic carbocycles. The average Bonchev–Trinajstić information content (AvgIpc) is 2.68. The summed E-state index contributed by atoms with van der Waals surface area (Å²) in [5.41, 5.74) is -0.730. The van der Waals surface area contributed by atoms with Crippen molar-refractivity contribution in [2.24, 2.45) is 11.8 Å². The zero-order valence-electron chi connectivity index (χ0n) is 15.9. The molecule has 9 nitrogen and oxygen atoms in total. The van der Waals surface area contributed by atoms with Crippen molar-refractivity contribution in [3.05, 3.63) is 27.8 Å². The molecule has 0 bridgehead atoms. The second kappa shape index (κ2) is 8.45. The second-order valence-corrected chi connectivity index (χ2v) is 7.29. The van der Waals surface area contributed by atoms with Gasteiger partial charge in [0.15, 0.2) is 18.1 Å². The average molecular weight is 392 g/mol. The normalized spacial score (nSPS) is 23.6. The Morgan fingerprint density at radius 2 is 1.89 bits per heavy atom. The Labute approximate surface area is 162 Å². The van der Waals surface area contributed by atoms with Crippen LogP contribution in [0, 0.1) is 22.0 Å². The van der Waals surface area contributed by atoms with Crippen molar-refractivity contribution in [1.82, 2.24) is 5.32 Å². The third-order valence-corrected chi connectivity index (χ3v) is 5.46. The maximum atomic E-state index is 12.4.